The number of amides is 2. The van der Waals surface area contributed by atoms with Crippen molar-refractivity contribution in [3.8, 4) is 0 Å². The lowest BCUT2D eigenvalue weighted by molar-refractivity contribution is -0.121. The fraction of sp³-hybridized carbons (Fsp3) is 0.276. The maximum atomic E-state index is 13.5. The molecule has 0 saturated heterocycles. The smallest absolute Gasteiger partial charge is 0.255 e. The van der Waals surface area contributed by atoms with E-state index in [-0.39, 0.29) is 22.8 Å². The van der Waals surface area contributed by atoms with Crippen molar-refractivity contribution >= 4 is 33.7 Å². The Balaban J connectivity index is 1.73. The molecule has 0 saturated carbocycles. The first-order chi connectivity index (χ1) is 17.9. The number of carbonyl (C=O) groups excluding carboxylic acids is 2. The quantitative estimate of drug-likeness (QED) is 0.298. The van der Waals surface area contributed by atoms with Gasteiger partial charge in [0.1, 0.15) is 0 Å². The third kappa shape index (κ3) is 8.36. The van der Waals surface area contributed by atoms with Crippen LogP contribution in [0.5, 0.6) is 0 Å². The summed E-state index contributed by atoms with van der Waals surface area (Å²) in [5, 5.41) is 6.62. The minimum absolute atomic E-state index is 0.0231. The summed E-state index contributed by atoms with van der Waals surface area (Å²) in [5.74, 6) is -0.813. The molecule has 0 atom stereocenters. The number of hydrazone groups is 1. The average Bonchev–Trinajstić information content (AvgIpc) is 2.87. The van der Waals surface area contributed by atoms with Crippen molar-refractivity contribution in [1.82, 2.24) is 9.73 Å². The number of anilines is 1. The lowest BCUT2D eigenvalue weighted by atomic mass is 9.87. The van der Waals surface area contributed by atoms with Gasteiger partial charge in [-0.2, -0.15) is 9.41 Å². The molecular weight excluding hydrogens is 500 g/mol. The van der Waals surface area contributed by atoms with E-state index < -0.39 is 22.5 Å². The molecule has 3 aromatic carbocycles. The van der Waals surface area contributed by atoms with Gasteiger partial charge < -0.3 is 5.32 Å². The molecule has 2 amide bonds. The average molecular weight is 535 g/mol. The number of rotatable bonds is 10. The predicted molar refractivity (Wildman–Crippen MR) is 151 cm³/mol. The molecule has 0 heterocycles. The van der Waals surface area contributed by atoms with E-state index in [1.165, 1.54) is 43.0 Å². The fourth-order valence-corrected chi connectivity index (χ4v) is 5.09. The highest BCUT2D eigenvalue weighted by Gasteiger charge is 2.26. The van der Waals surface area contributed by atoms with Gasteiger partial charge in [0, 0.05) is 19.2 Å². The summed E-state index contributed by atoms with van der Waals surface area (Å²) in [4.78, 5) is 24.0. The van der Waals surface area contributed by atoms with Gasteiger partial charge >= 0.3 is 0 Å². The maximum Gasteiger partial charge on any atom is 0.255 e. The van der Waals surface area contributed by atoms with Gasteiger partial charge in [0.2, 0.25) is 15.9 Å². The van der Waals surface area contributed by atoms with Crippen molar-refractivity contribution in [2.24, 2.45) is 5.10 Å². The molecule has 8 nitrogen and oxygen atoms in total. The summed E-state index contributed by atoms with van der Waals surface area (Å²) >= 11 is 0. The Morgan fingerprint density at radius 3 is 2.13 bits per heavy atom. The maximum absolute atomic E-state index is 13.5. The number of nitrogens with one attached hydrogen (secondary N) is 2. The number of hydrogen-bond acceptors (Lipinski definition) is 5. The highest BCUT2D eigenvalue weighted by Crippen LogP contribution is 2.22. The van der Waals surface area contributed by atoms with Crippen LogP contribution in [0.15, 0.2) is 88.9 Å². The van der Waals surface area contributed by atoms with Crippen LogP contribution in [0, 0.1) is 0 Å². The zero-order chi connectivity index (χ0) is 27.8. The molecule has 3 aromatic rings. The Morgan fingerprint density at radius 1 is 0.921 bits per heavy atom. The van der Waals surface area contributed by atoms with Crippen molar-refractivity contribution in [2.75, 3.05) is 18.4 Å². The summed E-state index contributed by atoms with van der Waals surface area (Å²) in [6.07, 6.45) is 1.95. The Labute approximate surface area is 224 Å². The Hall–Kier alpha value is -3.82. The molecule has 3 rings (SSSR count). The molecule has 2 N–H and O–H groups in total. The molecule has 0 fully saturated rings. The molecule has 0 unspecified atom stereocenters. The highest BCUT2D eigenvalue weighted by atomic mass is 32.2. The molecule has 9 heteroatoms. The molecular formula is C29H34N4O4S. The molecule has 0 aliphatic rings. The Kier molecular flexibility index (Phi) is 9.55. The molecule has 38 heavy (non-hydrogen) atoms. The first-order valence-electron chi connectivity index (χ1n) is 12.3. The fourth-order valence-electron chi connectivity index (χ4n) is 3.69. The van der Waals surface area contributed by atoms with Gasteiger partial charge in [-0.1, -0.05) is 75.4 Å². The molecule has 0 aromatic heterocycles. The molecule has 0 bridgehead atoms. The molecule has 0 aliphatic carbocycles. The minimum atomic E-state index is -4.00. The third-order valence-electron chi connectivity index (χ3n) is 5.80. The Morgan fingerprint density at radius 2 is 1.55 bits per heavy atom. The SMILES string of the molecule is CC(=O)Nc1ccc(S(=O)(=O)N(CCc2ccccc2)CC(=O)N/N=C/c2ccc(C(C)(C)C)cc2)cc1. The van der Waals surface area contributed by atoms with E-state index in [0.29, 0.717) is 12.1 Å². The second kappa shape index (κ2) is 12.6. The zero-order valence-corrected chi connectivity index (χ0v) is 23.0. The summed E-state index contributed by atoms with van der Waals surface area (Å²) < 4.78 is 28.0. The van der Waals surface area contributed by atoms with Crippen molar-refractivity contribution in [3.63, 3.8) is 0 Å². The first-order valence-corrected chi connectivity index (χ1v) is 13.7. The minimum Gasteiger partial charge on any atom is -0.326 e. The van der Waals surface area contributed by atoms with Crippen LogP contribution in [0.2, 0.25) is 0 Å². The van der Waals surface area contributed by atoms with Crippen LogP contribution in [0.4, 0.5) is 5.69 Å². The van der Waals surface area contributed by atoms with Crippen LogP contribution in [-0.4, -0.2) is 43.8 Å². The van der Waals surface area contributed by atoms with Crippen molar-refractivity contribution in [1.29, 1.82) is 0 Å². The summed E-state index contributed by atoms with van der Waals surface area (Å²) in [6.45, 7) is 7.47. The number of benzene rings is 3. The van der Waals surface area contributed by atoms with E-state index in [0.717, 1.165) is 15.4 Å². The third-order valence-corrected chi connectivity index (χ3v) is 7.66. The monoisotopic (exact) mass is 534 g/mol. The second-order valence-corrected chi connectivity index (χ2v) is 11.9. The predicted octanol–water partition coefficient (Wildman–Crippen LogP) is 4.33. The normalized spacial score (nSPS) is 12.0. The lowest BCUT2D eigenvalue weighted by Crippen LogP contribution is -2.40. The number of sulfonamides is 1. The van der Waals surface area contributed by atoms with Gasteiger partial charge in [-0.25, -0.2) is 13.8 Å². The van der Waals surface area contributed by atoms with Gasteiger partial charge in [0.25, 0.3) is 5.91 Å². The van der Waals surface area contributed by atoms with E-state index in [4.69, 9.17) is 0 Å². The van der Waals surface area contributed by atoms with Crippen molar-refractivity contribution < 1.29 is 18.0 Å². The lowest BCUT2D eigenvalue weighted by Gasteiger charge is -2.21. The van der Waals surface area contributed by atoms with E-state index in [9.17, 15) is 18.0 Å². The molecule has 200 valence electrons. The van der Waals surface area contributed by atoms with Crippen LogP contribution in [0.25, 0.3) is 0 Å². The van der Waals surface area contributed by atoms with Crippen LogP contribution in [-0.2, 0) is 31.4 Å². The molecule has 0 aliphatic heterocycles. The van der Waals surface area contributed by atoms with Crippen LogP contribution < -0.4 is 10.7 Å². The van der Waals surface area contributed by atoms with Crippen LogP contribution >= 0.6 is 0 Å². The highest BCUT2D eigenvalue weighted by molar-refractivity contribution is 7.89. The van der Waals surface area contributed by atoms with Gasteiger partial charge in [-0.05, 0) is 52.8 Å². The Bertz CT molecular complexity index is 1360. The van der Waals surface area contributed by atoms with Gasteiger partial charge in [-0.15, -0.1) is 0 Å². The molecule has 0 radical (unpaired) electrons. The topological polar surface area (TPSA) is 108 Å². The van der Waals surface area contributed by atoms with Crippen LogP contribution in [0.3, 0.4) is 0 Å². The zero-order valence-electron chi connectivity index (χ0n) is 22.1. The number of carbonyl (C=O) groups is 2. The van der Waals surface area contributed by atoms with Crippen molar-refractivity contribution in [2.45, 2.75) is 44.4 Å². The van der Waals surface area contributed by atoms with E-state index >= 15 is 0 Å². The van der Waals surface area contributed by atoms with Gasteiger partial charge in [-0.3, -0.25) is 9.59 Å². The first kappa shape index (κ1) is 28.7. The van der Waals surface area contributed by atoms with E-state index in [1.54, 1.807) is 0 Å². The number of hydrogen-bond donors (Lipinski definition) is 2. The van der Waals surface area contributed by atoms with Gasteiger partial charge in [0.15, 0.2) is 0 Å². The van der Waals surface area contributed by atoms with E-state index in [1.807, 2.05) is 54.6 Å². The number of nitrogens with zero attached hydrogens (tertiary/aromatic N) is 2. The second-order valence-electron chi connectivity index (χ2n) is 9.94. The summed E-state index contributed by atoms with van der Waals surface area (Å²) in [6, 6.07) is 23.2. The molecule has 0 spiro atoms. The largest absolute Gasteiger partial charge is 0.326 e. The van der Waals surface area contributed by atoms with E-state index in [2.05, 4.69) is 36.6 Å². The van der Waals surface area contributed by atoms with Crippen LogP contribution in [0.1, 0.15) is 44.4 Å². The summed E-state index contributed by atoms with van der Waals surface area (Å²) in [7, 11) is -4.00. The van der Waals surface area contributed by atoms with Gasteiger partial charge in [0.05, 0.1) is 17.7 Å². The van der Waals surface area contributed by atoms with Crippen molar-refractivity contribution in [3.05, 3.63) is 95.6 Å². The summed E-state index contributed by atoms with van der Waals surface area (Å²) in [5.41, 5.74) is 5.89. The standard InChI is InChI=1S/C29H34N4O4S/c1-22(34)31-26-14-16-27(17-15-26)38(36,37)33(19-18-23-8-6-5-7-9-23)21-28(35)32-30-20-24-10-12-25(13-11-24)29(2,3)4/h5-17,20H,18-19,21H2,1-4H3,(H,31,34)(H,32,35)/b30-20+.